The molecule has 1 aliphatic rings. The molecule has 2 N–H and O–H groups in total. The highest BCUT2D eigenvalue weighted by molar-refractivity contribution is 5.77. The fraction of sp³-hybridized carbons (Fsp3) is 0.923. The van der Waals surface area contributed by atoms with E-state index in [1.165, 1.54) is 25.7 Å². The SMILES string of the molecule is CC1CCC(NCCNC(=O)C(C)C)CC1. The van der Waals surface area contributed by atoms with Crippen LogP contribution in [0.25, 0.3) is 0 Å². The summed E-state index contributed by atoms with van der Waals surface area (Å²) in [6, 6.07) is 0.673. The van der Waals surface area contributed by atoms with E-state index in [0.29, 0.717) is 6.04 Å². The Bertz CT molecular complexity index is 208. The van der Waals surface area contributed by atoms with Crippen molar-refractivity contribution in [3.63, 3.8) is 0 Å². The van der Waals surface area contributed by atoms with Crippen LogP contribution in [0.5, 0.6) is 0 Å². The van der Waals surface area contributed by atoms with E-state index in [0.717, 1.165) is 19.0 Å². The average molecular weight is 226 g/mol. The molecule has 0 aliphatic heterocycles. The lowest BCUT2D eigenvalue weighted by molar-refractivity contribution is -0.123. The quantitative estimate of drug-likeness (QED) is 0.703. The van der Waals surface area contributed by atoms with E-state index in [9.17, 15) is 4.79 Å². The van der Waals surface area contributed by atoms with Crippen molar-refractivity contribution in [1.29, 1.82) is 0 Å². The second-order valence-electron chi connectivity index (χ2n) is 5.36. The van der Waals surface area contributed by atoms with Gasteiger partial charge in [-0.1, -0.05) is 20.8 Å². The van der Waals surface area contributed by atoms with E-state index < -0.39 is 0 Å². The van der Waals surface area contributed by atoms with Crippen LogP contribution in [0.3, 0.4) is 0 Å². The van der Waals surface area contributed by atoms with Crippen LogP contribution in [0, 0.1) is 11.8 Å². The molecule has 0 heterocycles. The van der Waals surface area contributed by atoms with Crippen molar-refractivity contribution in [3.05, 3.63) is 0 Å². The molecule has 0 spiro atoms. The molecule has 1 rings (SSSR count). The summed E-state index contributed by atoms with van der Waals surface area (Å²) in [7, 11) is 0. The first-order valence-electron chi connectivity index (χ1n) is 6.60. The van der Waals surface area contributed by atoms with Crippen molar-refractivity contribution < 1.29 is 4.79 Å². The maximum Gasteiger partial charge on any atom is 0.222 e. The Morgan fingerprint density at radius 1 is 1.19 bits per heavy atom. The lowest BCUT2D eigenvalue weighted by atomic mass is 9.87. The molecule has 3 heteroatoms. The average Bonchev–Trinajstić information content (AvgIpc) is 2.26. The third-order valence-corrected chi connectivity index (χ3v) is 3.40. The molecule has 3 nitrogen and oxygen atoms in total. The first-order valence-corrected chi connectivity index (χ1v) is 6.60. The molecule has 1 saturated carbocycles. The van der Waals surface area contributed by atoms with E-state index in [1.807, 2.05) is 13.8 Å². The molecule has 16 heavy (non-hydrogen) atoms. The van der Waals surface area contributed by atoms with Crippen LogP contribution in [0.1, 0.15) is 46.5 Å². The van der Waals surface area contributed by atoms with Gasteiger partial charge >= 0.3 is 0 Å². The Morgan fingerprint density at radius 2 is 1.81 bits per heavy atom. The zero-order chi connectivity index (χ0) is 12.0. The fourth-order valence-corrected chi connectivity index (χ4v) is 2.13. The predicted molar refractivity (Wildman–Crippen MR) is 67.3 cm³/mol. The molecular formula is C13H26N2O. The largest absolute Gasteiger partial charge is 0.355 e. The Labute approximate surface area is 99.4 Å². The molecule has 0 bridgehead atoms. The number of rotatable bonds is 5. The molecule has 94 valence electrons. The molecule has 0 aromatic heterocycles. The van der Waals surface area contributed by atoms with Crippen LogP contribution in [-0.2, 0) is 4.79 Å². The molecule has 0 aromatic rings. The highest BCUT2D eigenvalue weighted by atomic mass is 16.1. The second-order valence-corrected chi connectivity index (χ2v) is 5.36. The number of amides is 1. The molecule has 1 aliphatic carbocycles. The van der Waals surface area contributed by atoms with Gasteiger partial charge in [0.2, 0.25) is 5.91 Å². The summed E-state index contributed by atoms with van der Waals surface area (Å²) >= 11 is 0. The minimum Gasteiger partial charge on any atom is -0.355 e. The highest BCUT2D eigenvalue weighted by Crippen LogP contribution is 2.23. The van der Waals surface area contributed by atoms with Crippen molar-refractivity contribution >= 4 is 5.91 Å². The van der Waals surface area contributed by atoms with E-state index in [1.54, 1.807) is 0 Å². The number of hydrogen-bond donors (Lipinski definition) is 2. The van der Waals surface area contributed by atoms with Gasteiger partial charge in [-0.2, -0.15) is 0 Å². The summed E-state index contributed by atoms with van der Waals surface area (Å²) in [5.41, 5.74) is 0. The Hall–Kier alpha value is -0.570. The Morgan fingerprint density at radius 3 is 2.38 bits per heavy atom. The standard InChI is InChI=1S/C13H26N2O/c1-10(2)13(16)15-9-8-14-12-6-4-11(3)5-7-12/h10-12,14H,4-9H2,1-3H3,(H,15,16). The molecule has 1 fully saturated rings. The van der Waals surface area contributed by atoms with Crippen molar-refractivity contribution in [1.82, 2.24) is 10.6 Å². The van der Waals surface area contributed by atoms with Crippen LogP contribution >= 0.6 is 0 Å². The van der Waals surface area contributed by atoms with Gasteiger partial charge in [-0.25, -0.2) is 0 Å². The number of carbonyl (C=O) groups excluding carboxylic acids is 1. The molecule has 0 radical (unpaired) electrons. The molecule has 0 saturated heterocycles. The molecule has 0 unspecified atom stereocenters. The molecule has 1 amide bonds. The van der Waals surface area contributed by atoms with Gasteiger partial charge in [-0.15, -0.1) is 0 Å². The van der Waals surface area contributed by atoms with Crippen molar-refractivity contribution in [2.45, 2.75) is 52.5 Å². The summed E-state index contributed by atoms with van der Waals surface area (Å²) in [4.78, 5) is 11.3. The topological polar surface area (TPSA) is 41.1 Å². The van der Waals surface area contributed by atoms with Gasteiger partial charge in [-0.05, 0) is 31.6 Å². The minimum absolute atomic E-state index is 0.0931. The zero-order valence-corrected chi connectivity index (χ0v) is 10.9. The van der Waals surface area contributed by atoms with Crippen LogP contribution < -0.4 is 10.6 Å². The first kappa shape index (κ1) is 13.5. The van der Waals surface area contributed by atoms with Crippen molar-refractivity contribution in [2.24, 2.45) is 11.8 Å². The highest BCUT2D eigenvalue weighted by Gasteiger charge is 2.17. The van der Waals surface area contributed by atoms with Crippen LogP contribution in [0.15, 0.2) is 0 Å². The van der Waals surface area contributed by atoms with Crippen molar-refractivity contribution in [2.75, 3.05) is 13.1 Å². The third-order valence-electron chi connectivity index (χ3n) is 3.40. The van der Waals surface area contributed by atoms with Gasteiger partial charge in [-0.3, -0.25) is 4.79 Å². The van der Waals surface area contributed by atoms with E-state index in [-0.39, 0.29) is 11.8 Å². The Balaban J connectivity index is 2.01. The van der Waals surface area contributed by atoms with Crippen molar-refractivity contribution in [3.8, 4) is 0 Å². The monoisotopic (exact) mass is 226 g/mol. The number of hydrogen-bond acceptors (Lipinski definition) is 2. The third kappa shape index (κ3) is 4.97. The summed E-state index contributed by atoms with van der Waals surface area (Å²) in [5, 5.41) is 6.45. The van der Waals surface area contributed by atoms with Crippen LogP contribution in [0.4, 0.5) is 0 Å². The van der Waals surface area contributed by atoms with Gasteiger partial charge in [0, 0.05) is 25.0 Å². The Kier molecular flexibility index (Phi) is 5.81. The van der Waals surface area contributed by atoms with Gasteiger partial charge in [0.05, 0.1) is 0 Å². The van der Waals surface area contributed by atoms with Gasteiger partial charge in [0.1, 0.15) is 0 Å². The summed E-state index contributed by atoms with van der Waals surface area (Å²) in [6.45, 7) is 7.83. The van der Waals surface area contributed by atoms with Crippen LogP contribution in [0.2, 0.25) is 0 Å². The lowest BCUT2D eigenvalue weighted by Crippen LogP contribution is -2.39. The van der Waals surface area contributed by atoms with E-state index >= 15 is 0 Å². The zero-order valence-electron chi connectivity index (χ0n) is 10.9. The smallest absolute Gasteiger partial charge is 0.222 e. The molecule has 0 aromatic carbocycles. The maximum atomic E-state index is 11.3. The van der Waals surface area contributed by atoms with Gasteiger partial charge in [0.15, 0.2) is 0 Å². The number of nitrogens with one attached hydrogen (secondary N) is 2. The first-order chi connectivity index (χ1) is 7.59. The predicted octanol–water partition coefficient (Wildman–Crippen LogP) is 1.93. The van der Waals surface area contributed by atoms with E-state index in [4.69, 9.17) is 0 Å². The maximum absolute atomic E-state index is 11.3. The molecule has 0 atom stereocenters. The minimum atomic E-state index is 0.0931. The fourth-order valence-electron chi connectivity index (χ4n) is 2.13. The van der Waals surface area contributed by atoms with Crippen LogP contribution in [-0.4, -0.2) is 25.0 Å². The summed E-state index contributed by atoms with van der Waals surface area (Å²) in [5.74, 6) is 1.15. The molecular weight excluding hydrogens is 200 g/mol. The lowest BCUT2D eigenvalue weighted by Gasteiger charge is -2.27. The van der Waals surface area contributed by atoms with Gasteiger partial charge < -0.3 is 10.6 Å². The number of carbonyl (C=O) groups is 1. The van der Waals surface area contributed by atoms with Gasteiger partial charge in [0.25, 0.3) is 0 Å². The summed E-state index contributed by atoms with van der Waals surface area (Å²) < 4.78 is 0. The second kappa shape index (κ2) is 6.89. The van der Waals surface area contributed by atoms with E-state index in [2.05, 4.69) is 17.6 Å². The normalized spacial score (nSPS) is 25.8. The summed E-state index contributed by atoms with van der Waals surface area (Å²) in [6.07, 6.45) is 5.27.